The summed E-state index contributed by atoms with van der Waals surface area (Å²) in [6.45, 7) is 2.08. The van der Waals surface area contributed by atoms with E-state index < -0.39 is 0 Å². The quantitative estimate of drug-likeness (QED) is 0.647. The molecule has 1 aliphatic rings. The molecule has 0 spiro atoms. The fraction of sp³-hybridized carbons (Fsp3) is 0.333. The maximum Gasteiger partial charge on any atom is 0.0344 e. The maximum absolute atomic E-state index is 5.88. The van der Waals surface area contributed by atoms with Crippen LogP contribution in [0.4, 0.5) is 5.69 Å². The number of hydrogen-bond acceptors (Lipinski definition) is 2. The van der Waals surface area contributed by atoms with Crippen LogP contribution in [0.3, 0.4) is 0 Å². The van der Waals surface area contributed by atoms with Crippen LogP contribution in [-0.4, -0.2) is 5.75 Å². The molecule has 0 amide bonds. The zero-order chi connectivity index (χ0) is 13.9. The second-order valence-electron chi connectivity index (χ2n) is 5.62. The molecule has 0 radical (unpaired) electrons. The molecular weight excluding hydrogens is 262 g/mol. The normalized spacial score (nSPS) is 17.8. The van der Waals surface area contributed by atoms with Crippen molar-refractivity contribution in [3.05, 3.63) is 59.2 Å². The van der Waals surface area contributed by atoms with E-state index in [-0.39, 0.29) is 0 Å². The smallest absolute Gasteiger partial charge is 0.0344 e. The minimum absolute atomic E-state index is 0.697. The molecule has 1 atom stereocenters. The first kappa shape index (κ1) is 13.6. The van der Waals surface area contributed by atoms with Gasteiger partial charge < -0.3 is 5.73 Å². The van der Waals surface area contributed by atoms with Gasteiger partial charge >= 0.3 is 0 Å². The summed E-state index contributed by atoms with van der Waals surface area (Å²) in [5.74, 6) is 1.86. The molecule has 1 nitrogen and oxygen atoms in total. The van der Waals surface area contributed by atoms with Gasteiger partial charge in [-0.2, -0.15) is 0 Å². The monoisotopic (exact) mass is 283 g/mol. The molecule has 1 aliphatic carbocycles. The Morgan fingerprint density at radius 1 is 1.20 bits per heavy atom. The molecule has 104 valence electrons. The van der Waals surface area contributed by atoms with Crippen LogP contribution in [0, 0.1) is 6.92 Å². The van der Waals surface area contributed by atoms with Crippen LogP contribution in [0.2, 0.25) is 0 Å². The van der Waals surface area contributed by atoms with Gasteiger partial charge in [0.25, 0.3) is 0 Å². The van der Waals surface area contributed by atoms with Crippen LogP contribution < -0.4 is 5.73 Å². The Bertz CT molecular complexity index is 606. The van der Waals surface area contributed by atoms with Crippen molar-refractivity contribution in [2.75, 3.05) is 11.5 Å². The highest BCUT2D eigenvalue weighted by Gasteiger charge is 2.19. The summed E-state index contributed by atoms with van der Waals surface area (Å²) in [6.07, 6.45) is 3.89. The topological polar surface area (TPSA) is 26.0 Å². The summed E-state index contributed by atoms with van der Waals surface area (Å²) >= 11 is 1.96. The minimum Gasteiger partial charge on any atom is -0.399 e. The second-order valence-corrected chi connectivity index (χ2v) is 6.71. The molecule has 2 aromatic carbocycles. The Hall–Kier alpha value is -1.41. The lowest BCUT2D eigenvalue weighted by Gasteiger charge is -2.25. The third-order valence-corrected chi connectivity index (χ3v) is 5.34. The van der Waals surface area contributed by atoms with Crippen molar-refractivity contribution >= 4 is 17.4 Å². The number of nitrogen functional groups attached to an aromatic ring is 1. The number of anilines is 1. The number of nitrogens with two attached hydrogens (primary N) is 1. The van der Waals surface area contributed by atoms with Gasteiger partial charge in [-0.25, -0.2) is 0 Å². The summed E-state index contributed by atoms with van der Waals surface area (Å²) in [4.78, 5) is 1.33. The lowest BCUT2D eigenvalue weighted by Crippen LogP contribution is -2.11. The Balaban J connectivity index is 1.71. The molecule has 0 fully saturated rings. The highest BCUT2D eigenvalue weighted by molar-refractivity contribution is 7.99. The molecule has 2 heteroatoms. The van der Waals surface area contributed by atoms with Gasteiger partial charge in [0.1, 0.15) is 0 Å². The number of hydrogen-bond donors (Lipinski definition) is 1. The molecule has 0 heterocycles. The number of aryl methyl sites for hydroxylation is 2. The molecule has 0 bridgehead atoms. The third kappa shape index (κ3) is 2.85. The Morgan fingerprint density at radius 2 is 2.05 bits per heavy atom. The van der Waals surface area contributed by atoms with E-state index in [0.29, 0.717) is 5.92 Å². The van der Waals surface area contributed by atoms with E-state index in [0.717, 1.165) is 5.69 Å². The van der Waals surface area contributed by atoms with E-state index >= 15 is 0 Å². The lowest BCUT2D eigenvalue weighted by molar-refractivity contribution is 0.596. The Morgan fingerprint density at radius 3 is 2.90 bits per heavy atom. The summed E-state index contributed by atoms with van der Waals surface area (Å²) in [5.41, 5.74) is 11.1. The summed E-state index contributed by atoms with van der Waals surface area (Å²) in [6, 6.07) is 15.3. The van der Waals surface area contributed by atoms with Crippen LogP contribution in [0.5, 0.6) is 0 Å². The van der Waals surface area contributed by atoms with Gasteiger partial charge in [-0.1, -0.05) is 24.3 Å². The van der Waals surface area contributed by atoms with E-state index in [1.165, 1.54) is 35.5 Å². The molecule has 20 heavy (non-hydrogen) atoms. The first-order valence-electron chi connectivity index (χ1n) is 7.31. The van der Waals surface area contributed by atoms with E-state index in [1.807, 2.05) is 17.8 Å². The van der Waals surface area contributed by atoms with Crippen molar-refractivity contribution in [1.29, 1.82) is 0 Å². The van der Waals surface area contributed by atoms with Crippen molar-refractivity contribution in [3.8, 4) is 0 Å². The average molecular weight is 283 g/mol. The molecule has 0 saturated heterocycles. The summed E-state index contributed by atoms with van der Waals surface area (Å²) in [7, 11) is 0. The van der Waals surface area contributed by atoms with Crippen LogP contribution in [0.25, 0.3) is 0 Å². The van der Waals surface area contributed by atoms with E-state index in [1.54, 1.807) is 11.1 Å². The average Bonchev–Trinajstić information content (AvgIpc) is 2.48. The molecule has 1 unspecified atom stereocenters. The van der Waals surface area contributed by atoms with Gasteiger partial charge in [0.15, 0.2) is 0 Å². The van der Waals surface area contributed by atoms with Crippen molar-refractivity contribution in [3.63, 3.8) is 0 Å². The lowest BCUT2D eigenvalue weighted by atomic mass is 9.84. The molecule has 2 aromatic rings. The number of rotatable bonds is 3. The van der Waals surface area contributed by atoms with Crippen LogP contribution in [-0.2, 0) is 6.42 Å². The van der Waals surface area contributed by atoms with Crippen molar-refractivity contribution in [1.82, 2.24) is 0 Å². The number of benzene rings is 2. The van der Waals surface area contributed by atoms with Crippen molar-refractivity contribution in [2.45, 2.75) is 37.0 Å². The fourth-order valence-electron chi connectivity index (χ4n) is 2.96. The number of thioether (sulfide) groups is 1. The van der Waals surface area contributed by atoms with E-state index in [4.69, 9.17) is 5.73 Å². The molecule has 0 aromatic heterocycles. The molecule has 0 saturated carbocycles. The predicted molar refractivity (Wildman–Crippen MR) is 88.4 cm³/mol. The molecule has 3 rings (SSSR count). The van der Waals surface area contributed by atoms with Crippen molar-refractivity contribution < 1.29 is 0 Å². The predicted octanol–water partition coefficient (Wildman–Crippen LogP) is 4.79. The summed E-state index contributed by atoms with van der Waals surface area (Å²) in [5, 5.41) is 0. The standard InChI is InChI=1S/C18H21NS/c1-13-11-16(9-10-18(13)19)20-12-15-7-4-6-14-5-2-3-8-17(14)15/h2-3,5,8-11,15H,4,6-7,12,19H2,1H3. The van der Waals surface area contributed by atoms with Gasteiger partial charge in [0.05, 0.1) is 0 Å². The fourth-order valence-corrected chi connectivity index (χ4v) is 4.13. The van der Waals surface area contributed by atoms with E-state index in [9.17, 15) is 0 Å². The maximum atomic E-state index is 5.88. The molecular formula is C18H21NS. The minimum atomic E-state index is 0.697. The van der Waals surface area contributed by atoms with Crippen LogP contribution in [0.1, 0.15) is 35.4 Å². The molecule has 2 N–H and O–H groups in total. The SMILES string of the molecule is Cc1cc(SCC2CCCc3ccccc32)ccc1N. The van der Waals surface area contributed by atoms with E-state index in [2.05, 4.69) is 43.3 Å². The van der Waals surface area contributed by atoms with Gasteiger partial charge in [-0.05, 0) is 67.0 Å². The second kappa shape index (κ2) is 5.92. The Kier molecular flexibility index (Phi) is 4.02. The first-order valence-corrected chi connectivity index (χ1v) is 8.29. The largest absolute Gasteiger partial charge is 0.399 e. The van der Waals surface area contributed by atoms with Gasteiger partial charge in [-0.3, -0.25) is 0 Å². The first-order chi connectivity index (χ1) is 9.74. The molecule has 0 aliphatic heterocycles. The van der Waals surface area contributed by atoms with Gasteiger partial charge in [0.2, 0.25) is 0 Å². The summed E-state index contributed by atoms with van der Waals surface area (Å²) < 4.78 is 0. The van der Waals surface area contributed by atoms with Crippen LogP contribution >= 0.6 is 11.8 Å². The third-order valence-electron chi connectivity index (χ3n) is 4.19. The highest BCUT2D eigenvalue weighted by Crippen LogP contribution is 2.36. The highest BCUT2D eigenvalue weighted by atomic mass is 32.2. The zero-order valence-corrected chi connectivity index (χ0v) is 12.7. The Labute approximate surface area is 125 Å². The van der Waals surface area contributed by atoms with Gasteiger partial charge in [-0.15, -0.1) is 11.8 Å². The zero-order valence-electron chi connectivity index (χ0n) is 11.9. The van der Waals surface area contributed by atoms with Crippen molar-refractivity contribution in [2.24, 2.45) is 0 Å². The van der Waals surface area contributed by atoms with Crippen LogP contribution in [0.15, 0.2) is 47.4 Å². The van der Waals surface area contributed by atoms with Gasteiger partial charge in [0, 0.05) is 16.3 Å². The number of fused-ring (bicyclic) bond motifs is 1.